The molecule has 142 valence electrons. The highest BCUT2D eigenvalue weighted by Gasteiger charge is 2.06. The smallest absolute Gasteiger partial charge is 0.277 e. The number of anilines is 1. The Labute approximate surface area is 162 Å². The Hall–Kier alpha value is -3.06. The predicted octanol–water partition coefficient (Wildman–Crippen LogP) is 3.25. The molecule has 0 spiro atoms. The summed E-state index contributed by atoms with van der Waals surface area (Å²) in [6.45, 7) is 1.45. The minimum Gasteiger partial charge on any atom is -0.497 e. The van der Waals surface area contributed by atoms with Gasteiger partial charge >= 0.3 is 0 Å². The van der Waals surface area contributed by atoms with Gasteiger partial charge in [0.2, 0.25) is 5.91 Å². The molecule has 0 aromatic heterocycles. The summed E-state index contributed by atoms with van der Waals surface area (Å²) in [5.74, 6) is 0.559. The highest BCUT2D eigenvalue weighted by Crippen LogP contribution is 2.16. The molecule has 2 aromatic carbocycles. The molecule has 2 aromatic rings. The largest absolute Gasteiger partial charge is 0.497 e. The molecule has 27 heavy (non-hydrogen) atoms. The van der Waals surface area contributed by atoms with E-state index in [1.54, 1.807) is 62.6 Å². The molecule has 2 rings (SSSR count). The second-order valence-electron chi connectivity index (χ2n) is 5.58. The molecule has 0 unspecified atom stereocenters. The van der Waals surface area contributed by atoms with Crippen LogP contribution >= 0.6 is 11.6 Å². The van der Waals surface area contributed by atoms with Crippen molar-refractivity contribution in [3.8, 4) is 11.5 Å². The Morgan fingerprint density at radius 1 is 1.00 bits per heavy atom. The number of methoxy groups -OCH3 is 1. The second-order valence-corrected chi connectivity index (χ2v) is 6.01. The van der Waals surface area contributed by atoms with Crippen molar-refractivity contribution >= 4 is 34.8 Å². The number of benzene rings is 2. The first kappa shape index (κ1) is 20.3. The van der Waals surface area contributed by atoms with Gasteiger partial charge in [0.25, 0.3) is 5.91 Å². The molecular formula is C19H20ClN3O4. The van der Waals surface area contributed by atoms with E-state index in [1.165, 1.54) is 0 Å². The maximum Gasteiger partial charge on any atom is 0.277 e. The predicted molar refractivity (Wildman–Crippen MR) is 104 cm³/mol. The third-order valence-electron chi connectivity index (χ3n) is 3.35. The quantitative estimate of drug-likeness (QED) is 0.535. The normalized spacial score (nSPS) is 10.9. The summed E-state index contributed by atoms with van der Waals surface area (Å²) < 4.78 is 10.4. The highest BCUT2D eigenvalue weighted by molar-refractivity contribution is 6.30. The van der Waals surface area contributed by atoms with E-state index in [1.807, 2.05) is 0 Å². The van der Waals surface area contributed by atoms with Gasteiger partial charge in [0.15, 0.2) is 6.61 Å². The van der Waals surface area contributed by atoms with Crippen LogP contribution in [0.5, 0.6) is 11.5 Å². The summed E-state index contributed by atoms with van der Waals surface area (Å²) in [7, 11) is 1.57. The standard InChI is InChI=1S/C19H20ClN3O4/c1-13(11-18(24)21-15-5-3-14(20)4-6-15)22-23-19(25)12-27-17-9-7-16(26-2)8-10-17/h3-10H,11-12H2,1-2H3,(H,21,24)(H,23,25). The molecule has 0 atom stereocenters. The van der Waals surface area contributed by atoms with Crippen LogP contribution in [0.3, 0.4) is 0 Å². The van der Waals surface area contributed by atoms with E-state index in [9.17, 15) is 9.59 Å². The molecule has 8 heteroatoms. The van der Waals surface area contributed by atoms with Gasteiger partial charge in [0.1, 0.15) is 11.5 Å². The van der Waals surface area contributed by atoms with E-state index >= 15 is 0 Å². The number of nitrogens with one attached hydrogen (secondary N) is 2. The zero-order valence-electron chi connectivity index (χ0n) is 15.0. The van der Waals surface area contributed by atoms with Crippen LogP contribution in [0.1, 0.15) is 13.3 Å². The van der Waals surface area contributed by atoms with Crippen molar-refractivity contribution < 1.29 is 19.1 Å². The lowest BCUT2D eigenvalue weighted by molar-refractivity contribution is -0.123. The number of nitrogens with zero attached hydrogens (tertiary/aromatic N) is 1. The monoisotopic (exact) mass is 389 g/mol. The molecule has 0 saturated heterocycles. The average molecular weight is 390 g/mol. The zero-order chi connectivity index (χ0) is 19.6. The van der Waals surface area contributed by atoms with Crippen molar-refractivity contribution in [2.75, 3.05) is 19.0 Å². The van der Waals surface area contributed by atoms with Crippen molar-refractivity contribution in [1.29, 1.82) is 0 Å². The lowest BCUT2D eigenvalue weighted by atomic mass is 10.2. The van der Waals surface area contributed by atoms with Crippen LogP contribution in [-0.4, -0.2) is 31.2 Å². The van der Waals surface area contributed by atoms with Crippen LogP contribution in [0.4, 0.5) is 5.69 Å². The molecule has 0 aliphatic heterocycles. The van der Waals surface area contributed by atoms with E-state index < -0.39 is 5.91 Å². The number of hydrazone groups is 1. The summed E-state index contributed by atoms with van der Waals surface area (Å²) in [4.78, 5) is 23.7. The van der Waals surface area contributed by atoms with Crippen molar-refractivity contribution in [2.45, 2.75) is 13.3 Å². The number of rotatable bonds is 8. The van der Waals surface area contributed by atoms with Crippen molar-refractivity contribution in [2.24, 2.45) is 5.10 Å². The maximum atomic E-state index is 11.9. The highest BCUT2D eigenvalue weighted by atomic mass is 35.5. The number of halogens is 1. The number of hydrogen-bond acceptors (Lipinski definition) is 5. The summed E-state index contributed by atoms with van der Waals surface area (Å²) >= 11 is 5.79. The molecular weight excluding hydrogens is 370 g/mol. The fourth-order valence-electron chi connectivity index (χ4n) is 2.02. The van der Waals surface area contributed by atoms with Gasteiger partial charge in [-0.15, -0.1) is 0 Å². The van der Waals surface area contributed by atoms with Crippen LogP contribution in [0.15, 0.2) is 53.6 Å². The van der Waals surface area contributed by atoms with Gasteiger partial charge in [-0.1, -0.05) is 11.6 Å². The van der Waals surface area contributed by atoms with Crippen LogP contribution in [-0.2, 0) is 9.59 Å². The number of carbonyl (C=O) groups excluding carboxylic acids is 2. The van der Waals surface area contributed by atoms with E-state index in [4.69, 9.17) is 21.1 Å². The molecule has 0 aliphatic carbocycles. The lowest BCUT2D eigenvalue weighted by Crippen LogP contribution is -2.26. The first-order valence-electron chi connectivity index (χ1n) is 8.10. The van der Waals surface area contributed by atoms with E-state index in [0.29, 0.717) is 27.9 Å². The Bertz CT molecular complexity index is 805. The first-order valence-corrected chi connectivity index (χ1v) is 8.48. The Balaban J connectivity index is 1.73. The van der Waals surface area contributed by atoms with Gasteiger partial charge in [-0.05, 0) is 55.5 Å². The summed E-state index contributed by atoms with van der Waals surface area (Å²) in [5.41, 5.74) is 3.44. The molecule has 0 fully saturated rings. The summed E-state index contributed by atoms with van der Waals surface area (Å²) in [5, 5.41) is 7.20. The van der Waals surface area contributed by atoms with Gasteiger partial charge < -0.3 is 14.8 Å². The zero-order valence-corrected chi connectivity index (χ0v) is 15.7. The molecule has 0 saturated carbocycles. The summed E-state index contributed by atoms with van der Waals surface area (Å²) in [6, 6.07) is 13.6. The minimum absolute atomic E-state index is 0.0439. The fraction of sp³-hybridized carbons (Fsp3) is 0.211. The molecule has 2 N–H and O–H groups in total. The van der Waals surface area contributed by atoms with E-state index in [-0.39, 0.29) is 18.9 Å². The van der Waals surface area contributed by atoms with Gasteiger partial charge in [-0.3, -0.25) is 9.59 Å². The van der Waals surface area contributed by atoms with Gasteiger partial charge in [0, 0.05) is 16.4 Å². The third kappa shape index (κ3) is 7.37. The minimum atomic E-state index is -0.428. The van der Waals surface area contributed by atoms with Crippen LogP contribution < -0.4 is 20.2 Å². The number of ether oxygens (including phenoxy) is 2. The van der Waals surface area contributed by atoms with Gasteiger partial charge in [-0.2, -0.15) is 5.10 Å². The van der Waals surface area contributed by atoms with Crippen LogP contribution in [0.2, 0.25) is 5.02 Å². The SMILES string of the molecule is COc1ccc(OCC(=O)NN=C(C)CC(=O)Nc2ccc(Cl)cc2)cc1. The Morgan fingerprint density at radius 2 is 1.63 bits per heavy atom. The van der Waals surface area contributed by atoms with Gasteiger partial charge in [-0.25, -0.2) is 5.43 Å². The third-order valence-corrected chi connectivity index (χ3v) is 3.60. The number of carbonyl (C=O) groups is 2. The lowest BCUT2D eigenvalue weighted by Gasteiger charge is -2.07. The molecule has 0 aliphatic rings. The number of hydrogen-bond donors (Lipinski definition) is 2. The molecule has 7 nitrogen and oxygen atoms in total. The maximum absolute atomic E-state index is 11.9. The molecule has 2 amide bonds. The van der Waals surface area contributed by atoms with Crippen molar-refractivity contribution in [3.63, 3.8) is 0 Å². The molecule has 0 heterocycles. The van der Waals surface area contributed by atoms with E-state index in [2.05, 4.69) is 15.8 Å². The Morgan fingerprint density at radius 3 is 2.26 bits per heavy atom. The summed E-state index contributed by atoms with van der Waals surface area (Å²) in [6.07, 6.45) is 0.0439. The fourth-order valence-corrected chi connectivity index (χ4v) is 2.15. The topological polar surface area (TPSA) is 89.0 Å². The second kappa shape index (κ2) is 10.2. The Kier molecular flexibility index (Phi) is 7.63. The van der Waals surface area contributed by atoms with E-state index in [0.717, 1.165) is 0 Å². The molecule has 0 bridgehead atoms. The number of amides is 2. The van der Waals surface area contributed by atoms with Crippen molar-refractivity contribution in [1.82, 2.24) is 5.43 Å². The van der Waals surface area contributed by atoms with Crippen molar-refractivity contribution in [3.05, 3.63) is 53.6 Å². The van der Waals surface area contributed by atoms with Crippen LogP contribution in [0.25, 0.3) is 0 Å². The average Bonchev–Trinajstić information content (AvgIpc) is 2.67. The van der Waals surface area contributed by atoms with Crippen LogP contribution in [0, 0.1) is 0 Å². The van der Waals surface area contributed by atoms with Gasteiger partial charge in [0.05, 0.1) is 13.5 Å². The first-order chi connectivity index (χ1) is 13.0. The molecule has 0 radical (unpaired) electrons.